The molecule has 94 valence electrons. The second kappa shape index (κ2) is 5.82. The van der Waals surface area contributed by atoms with Crippen LogP contribution in [0.5, 0.6) is 0 Å². The molecule has 0 aromatic heterocycles. The van der Waals surface area contributed by atoms with Gasteiger partial charge in [0.2, 0.25) is 0 Å². The minimum atomic E-state index is 0.624. The fourth-order valence-corrected chi connectivity index (χ4v) is 2.42. The molecule has 1 aliphatic heterocycles. The van der Waals surface area contributed by atoms with Crippen LogP contribution in [-0.4, -0.2) is 54.7 Å². The molecule has 0 amide bonds. The van der Waals surface area contributed by atoms with Crippen molar-refractivity contribution in [1.82, 2.24) is 15.1 Å². The van der Waals surface area contributed by atoms with Gasteiger partial charge in [0.25, 0.3) is 0 Å². The van der Waals surface area contributed by atoms with Gasteiger partial charge in [0, 0.05) is 25.7 Å². The van der Waals surface area contributed by atoms with Gasteiger partial charge >= 0.3 is 0 Å². The summed E-state index contributed by atoms with van der Waals surface area (Å²) in [5, 5.41) is 4.26. The molecule has 0 saturated carbocycles. The molecule has 0 bridgehead atoms. The molecular formula is C12H25N3S. The summed E-state index contributed by atoms with van der Waals surface area (Å²) in [5.41, 5.74) is 0. The molecule has 16 heavy (non-hydrogen) atoms. The van der Waals surface area contributed by atoms with Crippen molar-refractivity contribution in [2.24, 2.45) is 11.8 Å². The van der Waals surface area contributed by atoms with Gasteiger partial charge in [-0.3, -0.25) is 0 Å². The molecule has 0 aromatic carbocycles. The Morgan fingerprint density at radius 2 is 2.06 bits per heavy atom. The molecule has 1 N–H and O–H groups in total. The van der Waals surface area contributed by atoms with E-state index in [0.29, 0.717) is 17.9 Å². The molecule has 2 unspecified atom stereocenters. The first-order valence-corrected chi connectivity index (χ1v) is 6.51. The molecular weight excluding hydrogens is 218 g/mol. The third-order valence-corrected chi connectivity index (χ3v) is 3.59. The summed E-state index contributed by atoms with van der Waals surface area (Å²) >= 11 is 5.42. The van der Waals surface area contributed by atoms with Crippen LogP contribution in [0, 0.1) is 11.8 Å². The van der Waals surface area contributed by atoms with E-state index >= 15 is 0 Å². The van der Waals surface area contributed by atoms with Crippen LogP contribution in [-0.2, 0) is 0 Å². The van der Waals surface area contributed by atoms with Crippen molar-refractivity contribution in [3.05, 3.63) is 0 Å². The van der Waals surface area contributed by atoms with Crippen molar-refractivity contribution >= 4 is 17.3 Å². The lowest BCUT2D eigenvalue weighted by molar-refractivity contribution is 0.262. The number of hydrogen-bond donors (Lipinski definition) is 1. The van der Waals surface area contributed by atoms with Crippen molar-refractivity contribution in [3.8, 4) is 0 Å². The predicted molar refractivity (Wildman–Crippen MR) is 73.7 cm³/mol. The molecule has 1 saturated heterocycles. The lowest BCUT2D eigenvalue weighted by Gasteiger charge is -2.23. The summed E-state index contributed by atoms with van der Waals surface area (Å²) in [4.78, 5) is 4.60. The van der Waals surface area contributed by atoms with Crippen molar-refractivity contribution < 1.29 is 0 Å². The van der Waals surface area contributed by atoms with Gasteiger partial charge in [-0.15, -0.1) is 0 Å². The monoisotopic (exact) mass is 243 g/mol. The average Bonchev–Trinajstić information content (AvgIpc) is 2.56. The first-order valence-electron chi connectivity index (χ1n) is 6.11. The summed E-state index contributed by atoms with van der Waals surface area (Å²) in [6.07, 6.45) is 0. The highest BCUT2D eigenvalue weighted by Crippen LogP contribution is 2.19. The largest absolute Gasteiger partial charge is 0.362 e. The first-order chi connectivity index (χ1) is 7.41. The molecule has 0 radical (unpaired) electrons. The summed E-state index contributed by atoms with van der Waals surface area (Å²) in [5.74, 6) is 1.33. The summed E-state index contributed by atoms with van der Waals surface area (Å²) < 4.78 is 0. The van der Waals surface area contributed by atoms with Crippen molar-refractivity contribution in [1.29, 1.82) is 0 Å². The number of nitrogens with one attached hydrogen (secondary N) is 1. The Kier molecular flexibility index (Phi) is 4.99. The number of hydrogen-bond acceptors (Lipinski definition) is 2. The normalized spacial score (nSPS) is 25.6. The van der Waals surface area contributed by atoms with Crippen molar-refractivity contribution in [2.75, 3.05) is 33.7 Å². The molecule has 0 aromatic rings. The zero-order valence-electron chi connectivity index (χ0n) is 11.2. The fourth-order valence-electron chi connectivity index (χ4n) is 2.19. The highest BCUT2D eigenvalue weighted by Gasteiger charge is 2.31. The third kappa shape index (κ3) is 3.59. The van der Waals surface area contributed by atoms with Crippen LogP contribution in [0.25, 0.3) is 0 Å². The van der Waals surface area contributed by atoms with E-state index < -0.39 is 0 Å². The SMILES string of the molecule is CC(C)CNC(=S)N1CC(C)C(N(C)C)C1. The summed E-state index contributed by atoms with van der Waals surface area (Å²) in [7, 11) is 4.30. The van der Waals surface area contributed by atoms with Gasteiger partial charge < -0.3 is 15.1 Å². The second-order valence-electron chi connectivity index (χ2n) is 5.49. The average molecular weight is 243 g/mol. The van der Waals surface area contributed by atoms with E-state index in [-0.39, 0.29) is 0 Å². The summed E-state index contributed by atoms with van der Waals surface area (Å²) in [6, 6.07) is 0.624. The van der Waals surface area contributed by atoms with Gasteiger partial charge in [-0.25, -0.2) is 0 Å². The van der Waals surface area contributed by atoms with Crippen LogP contribution in [0.15, 0.2) is 0 Å². The molecule has 1 rings (SSSR count). The van der Waals surface area contributed by atoms with Gasteiger partial charge in [0.05, 0.1) is 0 Å². The fraction of sp³-hybridized carbons (Fsp3) is 0.917. The van der Waals surface area contributed by atoms with Gasteiger partial charge in [-0.1, -0.05) is 20.8 Å². The molecule has 3 nitrogen and oxygen atoms in total. The Morgan fingerprint density at radius 1 is 1.44 bits per heavy atom. The molecule has 1 fully saturated rings. The number of thiocarbonyl (C=S) groups is 1. The van der Waals surface area contributed by atoms with E-state index in [1.807, 2.05) is 0 Å². The Morgan fingerprint density at radius 3 is 2.50 bits per heavy atom. The molecule has 1 aliphatic rings. The van der Waals surface area contributed by atoms with Crippen LogP contribution in [0.1, 0.15) is 20.8 Å². The number of likely N-dealkylation sites (tertiary alicyclic amines) is 1. The maximum atomic E-state index is 5.42. The van der Waals surface area contributed by atoms with E-state index in [1.165, 1.54) is 0 Å². The number of rotatable bonds is 3. The van der Waals surface area contributed by atoms with Crippen LogP contribution in [0.2, 0.25) is 0 Å². The molecule has 2 atom stereocenters. The first kappa shape index (κ1) is 13.7. The van der Waals surface area contributed by atoms with E-state index in [1.54, 1.807) is 0 Å². The molecule has 0 spiro atoms. The van der Waals surface area contributed by atoms with Gasteiger partial charge in [-0.2, -0.15) is 0 Å². The lowest BCUT2D eigenvalue weighted by atomic mass is 10.1. The van der Waals surface area contributed by atoms with Gasteiger partial charge in [0.1, 0.15) is 0 Å². The lowest BCUT2D eigenvalue weighted by Crippen LogP contribution is -2.41. The van der Waals surface area contributed by atoms with Crippen molar-refractivity contribution in [3.63, 3.8) is 0 Å². The van der Waals surface area contributed by atoms with Gasteiger partial charge in [0.15, 0.2) is 5.11 Å². The summed E-state index contributed by atoms with van der Waals surface area (Å²) in [6.45, 7) is 9.80. The third-order valence-electron chi connectivity index (χ3n) is 3.18. The quantitative estimate of drug-likeness (QED) is 0.755. The van der Waals surface area contributed by atoms with E-state index in [4.69, 9.17) is 12.2 Å². The zero-order valence-corrected chi connectivity index (χ0v) is 12.0. The molecule has 0 aliphatic carbocycles. The Balaban J connectivity index is 2.42. The van der Waals surface area contributed by atoms with E-state index in [2.05, 4.69) is 50.0 Å². The Bertz CT molecular complexity index is 240. The van der Waals surface area contributed by atoms with Crippen LogP contribution in [0.4, 0.5) is 0 Å². The minimum absolute atomic E-state index is 0.624. The zero-order chi connectivity index (χ0) is 12.3. The minimum Gasteiger partial charge on any atom is -0.362 e. The predicted octanol–water partition coefficient (Wildman–Crippen LogP) is 1.40. The molecule has 1 heterocycles. The van der Waals surface area contributed by atoms with Crippen LogP contribution in [0.3, 0.4) is 0 Å². The highest BCUT2D eigenvalue weighted by molar-refractivity contribution is 7.80. The maximum Gasteiger partial charge on any atom is 0.169 e. The van der Waals surface area contributed by atoms with Crippen LogP contribution >= 0.6 is 12.2 Å². The maximum absolute atomic E-state index is 5.42. The Hall–Kier alpha value is -0.350. The Labute approximate surface area is 105 Å². The number of likely N-dealkylation sites (N-methyl/N-ethyl adjacent to an activating group) is 1. The number of nitrogens with zero attached hydrogens (tertiary/aromatic N) is 2. The standard InChI is InChI=1S/C12H25N3S/c1-9(2)6-13-12(16)15-7-10(3)11(8-15)14(4)5/h9-11H,6-8H2,1-5H3,(H,13,16). The van der Waals surface area contributed by atoms with E-state index in [9.17, 15) is 0 Å². The second-order valence-corrected chi connectivity index (χ2v) is 5.88. The van der Waals surface area contributed by atoms with Crippen LogP contribution < -0.4 is 5.32 Å². The van der Waals surface area contributed by atoms with E-state index in [0.717, 1.165) is 24.7 Å². The smallest absolute Gasteiger partial charge is 0.169 e. The van der Waals surface area contributed by atoms with Crippen molar-refractivity contribution in [2.45, 2.75) is 26.8 Å². The van der Waals surface area contributed by atoms with Gasteiger partial charge in [-0.05, 0) is 38.1 Å². The molecule has 4 heteroatoms. The highest BCUT2D eigenvalue weighted by atomic mass is 32.1. The topological polar surface area (TPSA) is 18.5 Å².